The summed E-state index contributed by atoms with van der Waals surface area (Å²) in [7, 11) is 0. The smallest absolute Gasteiger partial charge is 0.242 e. The maximum atomic E-state index is 13.6. The number of hydrogen-bond donors (Lipinski definition) is 1. The molecule has 3 rings (SSSR count). The predicted octanol–water partition coefficient (Wildman–Crippen LogP) is 3.54. The predicted molar refractivity (Wildman–Crippen MR) is 83.3 cm³/mol. The Balaban J connectivity index is 1.61. The molecule has 1 aromatic heterocycles. The number of amides is 1. The van der Waals surface area contributed by atoms with Gasteiger partial charge >= 0.3 is 0 Å². The topological polar surface area (TPSA) is 32.3 Å². The Hall–Kier alpha value is -1.59. The van der Waals surface area contributed by atoms with Crippen molar-refractivity contribution in [1.29, 1.82) is 0 Å². The molecule has 0 saturated heterocycles. The number of thiophene rings is 1. The maximum Gasteiger partial charge on any atom is 0.242 e. The fourth-order valence-corrected chi connectivity index (χ4v) is 3.44. The van der Waals surface area contributed by atoms with Gasteiger partial charge in [0.15, 0.2) is 0 Å². The molecule has 0 fully saturated rings. The van der Waals surface area contributed by atoms with Crippen molar-refractivity contribution in [3.05, 3.63) is 50.9 Å². The van der Waals surface area contributed by atoms with Gasteiger partial charge in [-0.05, 0) is 41.6 Å². The number of nitrogens with zero attached hydrogens (tertiary/aromatic N) is 1. The zero-order valence-electron chi connectivity index (χ0n) is 11.2. The molecule has 0 saturated carbocycles. The fraction of sp³-hybridized carbons (Fsp3) is 0.267. The molecule has 0 radical (unpaired) electrons. The maximum absolute atomic E-state index is 13.6. The lowest BCUT2D eigenvalue weighted by Gasteiger charge is -2.27. The van der Waals surface area contributed by atoms with E-state index < -0.39 is 5.82 Å². The van der Waals surface area contributed by atoms with Crippen LogP contribution in [-0.4, -0.2) is 23.9 Å². The van der Waals surface area contributed by atoms with Crippen molar-refractivity contribution in [3.8, 4) is 0 Å². The molecule has 0 unspecified atom stereocenters. The second-order valence-electron chi connectivity index (χ2n) is 4.91. The van der Waals surface area contributed by atoms with Crippen LogP contribution in [0.25, 0.3) is 0 Å². The summed E-state index contributed by atoms with van der Waals surface area (Å²) in [4.78, 5) is 15.4. The molecule has 1 amide bonds. The molecule has 1 aromatic carbocycles. The summed E-state index contributed by atoms with van der Waals surface area (Å²) in [5.74, 6) is -0.447. The van der Waals surface area contributed by atoms with E-state index in [1.165, 1.54) is 28.6 Å². The molecule has 0 aliphatic carbocycles. The molecule has 0 atom stereocenters. The first-order valence-electron chi connectivity index (χ1n) is 6.65. The summed E-state index contributed by atoms with van der Waals surface area (Å²) in [6.07, 6.45) is 0.893. The largest absolute Gasteiger partial charge is 0.374 e. The van der Waals surface area contributed by atoms with Crippen LogP contribution >= 0.6 is 22.9 Å². The van der Waals surface area contributed by atoms with Gasteiger partial charge < -0.3 is 10.2 Å². The molecule has 3 nitrogen and oxygen atoms in total. The molecule has 21 heavy (non-hydrogen) atoms. The summed E-state index contributed by atoms with van der Waals surface area (Å²) in [6.45, 7) is 1.42. The summed E-state index contributed by atoms with van der Waals surface area (Å²) < 4.78 is 13.6. The molecular weight excluding hydrogens is 311 g/mol. The quantitative estimate of drug-likeness (QED) is 0.936. The molecule has 0 spiro atoms. The molecule has 1 N–H and O–H groups in total. The third-order valence-electron chi connectivity index (χ3n) is 3.52. The molecule has 1 aliphatic heterocycles. The van der Waals surface area contributed by atoms with Crippen molar-refractivity contribution in [2.75, 3.05) is 18.4 Å². The number of halogens is 2. The zero-order chi connectivity index (χ0) is 14.8. The number of hydrogen-bond acceptors (Lipinski definition) is 3. The fourth-order valence-electron chi connectivity index (χ4n) is 2.38. The van der Waals surface area contributed by atoms with Crippen LogP contribution in [0.5, 0.6) is 0 Å². The van der Waals surface area contributed by atoms with Gasteiger partial charge in [-0.25, -0.2) is 4.39 Å². The summed E-state index contributed by atoms with van der Waals surface area (Å²) >= 11 is 7.56. The minimum absolute atomic E-state index is 0.0359. The Morgan fingerprint density at radius 3 is 3.14 bits per heavy atom. The summed E-state index contributed by atoms with van der Waals surface area (Å²) in [6, 6.07) is 6.31. The van der Waals surface area contributed by atoms with Gasteiger partial charge in [-0.15, -0.1) is 11.3 Å². The van der Waals surface area contributed by atoms with Gasteiger partial charge in [0.2, 0.25) is 5.91 Å². The highest BCUT2D eigenvalue weighted by Crippen LogP contribution is 2.24. The van der Waals surface area contributed by atoms with Crippen LogP contribution in [0.15, 0.2) is 29.6 Å². The average molecular weight is 325 g/mol. The van der Waals surface area contributed by atoms with E-state index in [0.717, 1.165) is 6.42 Å². The lowest BCUT2D eigenvalue weighted by atomic mass is 10.1. The second kappa shape index (κ2) is 6.03. The first-order chi connectivity index (χ1) is 10.1. The van der Waals surface area contributed by atoms with Crippen LogP contribution in [-0.2, 0) is 17.8 Å². The van der Waals surface area contributed by atoms with Gasteiger partial charge in [0.1, 0.15) is 5.82 Å². The van der Waals surface area contributed by atoms with E-state index in [2.05, 4.69) is 16.8 Å². The average Bonchev–Trinajstić information content (AvgIpc) is 2.95. The van der Waals surface area contributed by atoms with E-state index in [0.29, 0.717) is 18.1 Å². The highest BCUT2D eigenvalue weighted by Gasteiger charge is 2.21. The Bertz CT molecular complexity index is 673. The molecular formula is C15H14ClFN2OS. The van der Waals surface area contributed by atoms with Gasteiger partial charge in [-0.1, -0.05) is 11.6 Å². The van der Waals surface area contributed by atoms with Crippen molar-refractivity contribution in [1.82, 2.24) is 4.90 Å². The molecule has 6 heteroatoms. The Morgan fingerprint density at radius 2 is 2.29 bits per heavy atom. The molecule has 110 valence electrons. The Kier molecular flexibility index (Phi) is 4.12. The van der Waals surface area contributed by atoms with Crippen molar-refractivity contribution in [2.24, 2.45) is 0 Å². The number of carbonyl (C=O) groups is 1. The molecule has 2 aromatic rings. The summed E-state index contributed by atoms with van der Waals surface area (Å²) in [5, 5.41) is 5.31. The van der Waals surface area contributed by atoms with Crippen LogP contribution in [0.1, 0.15) is 10.4 Å². The van der Waals surface area contributed by atoms with Gasteiger partial charge in [0, 0.05) is 23.0 Å². The van der Waals surface area contributed by atoms with Gasteiger partial charge in [0.05, 0.1) is 12.2 Å². The van der Waals surface area contributed by atoms with Crippen LogP contribution in [0.3, 0.4) is 0 Å². The number of carbonyl (C=O) groups excluding carboxylic acids is 1. The van der Waals surface area contributed by atoms with Gasteiger partial charge in [-0.3, -0.25) is 4.79 Å². The zero-order valence-corrected chi connectivity index (χ0v) is 12.8. The van der Waals surface area contributed by atoms with Crippen LogP contribution < -0.4 is 5.32 Å². The van der Waals surface area contributed by atoms with Crippen molar-refractivity contribution >= 4 is 34.5 Å². The van der Waals surface area contributed by atoms with Crippen LogP contribution in [0.4, 0.5) is 10.1 Å². The first kappa shape index (κ1) is 14.4. The number of fused-ring (bicyclic) bond motifs is 1. The van der Waals surface area contributed by atoms with Crippen molar-refractivity contribution in [2.45, 2.75) is 13.0 Å². The highest BCUT2D eigenvalue weighted by molar-refractivity contribution is 7.10. The molecule has 1 aliphatic rings. The van der Waals surface area contributed by atoms with E-state index in [4.69, 9.17) is 11.6 Å². The lowest BCUT2D eigenvalue weighted by molar-refractivity contribution is -0.130. The van der Waals surface area contributed by atoms with Crippen LogP contribution in [0, 0.1) is 5.82 Å². The lowest BCUT2D eigenvalue weighted by Crippen LogP contribution is -2.38. The van der Waals surface area contributed by atoms with E-state index in [9.17, 15) is 9.18 Å². The minimum atomic E-state index is -0.411. The van der Waals surface area contributed by atoms with E-state index in [-0.39, 0.29) is 18.1 Å². The third kappa shape index (κ3) is 3.19. The Morgan fingerprint density at radius 1 is 1.43 bits per heavy atom. The third-order valence-corrected chi connectivity index (χ3v) is 4.78. The SMILES string of the molecule is O=C(CNc1cc(Cl)ccc1F)N1CCc2sccc2C1. The molecule has 2 heterocycles. The van der Waals surface area contributed by atoms with E-state index in [1.807, 2.05) is 0 Å². The van der Waals surface area contributed by atoms with Gasteiger partial charge in [-0.2, -0.15) is 0 Å². The highest BCUT2D eigenvalue weighted by atomic mass is 35.5. The van der Waals surface area contributed by atoms with Crippen LogP contribution in [0.2, 0.25) is 5.02 Å². The standard InChI is InChI=1S/C15H14ClFN2OS/c16-11-1-2-12(17)13(7-11)18-8-15(20)19-5-3-14-10(9-19)4-6-21-14/h1-2,4,6-7,18H,3,5,8-9H2. The number of anilines is 1. The second-order valence-corrected chi connectivity index (χ2v) is 6.35. The van der Waals surface area contributed by atoms with E-state index >= 15 is 0 Å². The minimum Gasteiger partial charge on any atom is -0.374 e. The first-order valence-corrected chi connectivity index (χ1v) is 7.91. The molecule has 0 bridgehead atoms. The monoisotopic (exact) mass is 324 g/mol. The number of nitrogens with one attached hydrogen (secondary N) is 1. The van der Waals surface area contributed by atoms with E-state index in [1.54, 1.807) is 16.2 Å². The Labute approximate surface area is 131 Å². The normalized spacial score (nSPS) is 13.9. The van der Waals surface area contributed by atoms with Crippen molar-refractivity contribution < 1.29 is 9.18 Å². The summed E-state index contributed by atoms with van der Waals surface area (Å²) in [5.41, 5.74) is 1.47. The van der Waals surface area contributed by atoms with Gasteiger partial charge in [0.25, 0.3) is 0 Å². The van der Waals surface area contributed by atoms with Crippen molar-refractivity contribution in [3.63, 3.8) is 0 Å². The number of rotatable bonds is 3. The number of benzene rings is 1.